The van der Waals surface area contributed by atoms with E-state index in [0.29, 0.717) is 27.8 Å². The van der Waals surface area contributed by atoms with Gasteiger partial charge in [-0.2, -0.15) is 0 Å². The van der Waals surface area contributed by atoms with E-state index in [1.54, 1.807) is 22.9 Å². The highest BCUT2D eigenvalue weighted by Crippen LogP contribution is 2.40. The molecule has 0 N–H and O–H groups in total. The topological polar surface area (TPSA) is 52.1 Å². The summed E-state index contributed by atoms with van der Waals surface area (Å²) in [7, 11) is 3.07. The van der Waals surface area contributed by atoms with Gasteiger partial charge in [-0.15, -0.1) is 5.10 Å². The Morgan fingerprint density at radius 3 is 2.67 bits per heavy atom. The molecule has 0 aliphatic heterocycles. The molecular formula is C14H13FN2O2S2. The number of hydrogen-bond donors (Lipinski definition) is 0. The molecule has 0 amide bonds. The van der Waals surface area contributed by atoms with Crippen molar-refractivity contribution in [1.29, 1.82) is 0 Å². The van der Waals surface area contributed by atoms with Gasteiger partial charge in [-0.25, -0.2) is 4.39 Å². The predicted octanol–water partition coefficient (Wildman–Crippen LogP) is 5.16. The smallest absolute Gasteiger partial charge is 0.287 e. The van der Waals surface area contributed by atoms with Gasteiger partial charge in [-0.1, -0.05) is 36.7 Å². The number of rotatable bonds is 3. The first-order chi connectivity index (χ1) is 9.90. The number of furan rings is 1. The largest absolute Gasteiger partial charge is 0.451 e. The highest BCUT2D eigenvalue weighted by Gasteiger charge is 2.17. The van der Waals surface area contributed by atoms with E-state index < -0.39 is 0 Å². The van der Waals surface area contributed by atoms with Crippen molar-refractivity contribution in [1.82, 2.24) is 10.2 Å². The third kappa shape index (κ3) is 3.41. The highest BCUT2D eigenvalue weighted by atomic mass is 33.1. The number of aromatic nitrogens is 2. The minimum Gasteiger partial charge on any atom is -0.451 e. The predicted molar refractivity (Wildman–Crippen MR) is 82.7 cm³/mol. The van der Waals surface area contributed by atoms with Crippen molar-refractivity contribution in [3.05, 3.63) is 30.1 Å². The minimum atomic E-state index is -0.307. The first kappa shape index (κ1) is 14.5. The molecule has 0 saturated carbocycles. The molecule has 21 heavy (non-hydrogen) atoms. The maximum absolute atomic E-state index is 13.2. The van der Waals surface area contributed by atoms with Crippen LogP contribution >= 0.6 is 21.6 Å². The van der Waals surface area contributed by atoms with Gasteiger partial charge < -0.3 is 8.83 Å². The molecule has 0 bridgehead atoms. The van der Waals surface area contributed by atoms with Crippen LogP contribution in [0.5, 0.6) is 0 Å². The normalized spacial score (nSPS) is 12.2. The van der Waals surface area contributed by atoms with E-state index in [-0.39, 0.29) is 10.6 Å². The van der Waals surface area contributed by atoms with Gasteiger partial charge in [0.05, 0.1) is 0 Å². The van der Waals surface area contributed by atoms with Crippen LogP contribution in [-0.2, 0) is 0 Å². The summed E-state index contributed by atoms with van der Waals surface area (Å²) in [6.07, 6.45) is 0. The molecule has 0 fully saturated rings. The summed E-state index contributed by atoms with van der Waals surface area (Å²) < 4.78 is 24.4. The van der Waals surface area contributed by atoms with Gasteiger partial charge in [0.1, 0.15) is 11.4 Å². The summed E-state index contributed by atoms with van der Waals surface area (Å²) in [5.41, 5.74) is 0.586. The number of benzene rings is 1. The Morgan fingerprint density at radius 1 is 1.10 bits per heavy atom. The van der Waals surface area contributed by atoms with Gasteiger partial charge in [0, 0.05) is 20.9 Å². The van der Waals surface area contributed by atoms with Gasteiger partial charge in [-0.05, 0) is 24.3 Å². The molecule has 3 aromatic rings. The fourth-order valence-electron chi connectivity index (χ4n) is 1.62. The van der Waals surface area contributed by atoms with Crippen LogP contribution in [0.3, 0.4) is 0 Å². The van der Waals surface area contributed by atoms with E-state index in [4.69, 9.17) is 8.83 Å². The zero-order chi connectivity index (χ0) is 15.0. The SMILES string of the molecule is CC(C)(C)SSc1nnc(-c2cc3cc(F)ccc3o2)o1. The Morgan fingerprint density at radius 2 is 1.90 bits per heavy atom. The van der Waals surface area contributed by atoms with E-state index >= 15 is 0 Å². The van der Waals surface area contributed by atoms with Crippen LogP contribution in [0.1, 0.15) is 20.8 Å². The lowest BCUT2D eigenvalue weighted by atomic mass is 10.2. The van der Waals surface area contributed by atoms with Crippen LogP contribution in [0.2, 0.25) is 0 Å². The van der Waals surface area contributed by atoms with E-state index in [9.17, 15) is 4.39 Å². The molecule has 1 aromatic carbocycles. The molecule has 0 aliphatic carbocycles. The Labute approximate surface area is 128 Å². The molecular weight excluding hydrogens is 311 g/mol. The van der Waals surface area contributed by atoms with Crippen LogP contribution < -0.4 is 0 Å². The zero-order valence-corrected chi connectivity index (χ0v) is 13.3. The second kappa shape index (κ2) is 5.38. The van der Waals surface area contributed by atoms with E-state index in [1.165, 1.54) is 22.9 Å². The van der Waals surface area contributed by atoms with Gasteiger partial charge in [-0.3, -0.25) is 0 Å². The summed E-state index contributed by atoms with van der Waals surface area (Å²) in [4.78, 5) is 0. The number of halogens is 1. The van der Waals surface area contributed by atoms with Crippen LogP contribution in [0.25, 0.3) is 22.6 Å². The number of fused-ring (bicyclic) bond motifs is 1. The molecule has 0 radical (unpaired) electrons. The van der Waals surface area contributed by atoms with Crippen molar-refractivity contribution in [2.75, 3.05) is 0 Å². The number of nitrogens with zero attached hydrogens (tertiary/aromatic N) is 2. The lowest BCUT2D eigenvalue weighted by molar-refractivity contribution is 0.453. The molecule has 2 aromatic heterocycles. The second-order valence-electron chi connectivity index (χ2n) is 5.44. The summed E-state index contributed by atoms with van der Waals surface area (Å²) in [6.45, 7) is 6.32. The van der Waals surface area contributed by atoms with Gasteiger partial charge in [0.25, 0.3) is 11.1 Å². The average molecular weight is 324 g/mol. The molecule has 0 atom stereocenters. The van der Waals surface area contributed by atoms with Crippen molar-refractivity contribution in [3.8, 4) is 11.7 Å². The summed E-state index contributed by atoms with van der Waals surface area (Å²) in [6, 6.07) is 6.03. The standard InChI is InChI=1S/C14H13FN2O2S2/c1-14(2,3)21-20-13-17-16-12(19-13)11-7-8-6-9(15)4-5-10(8)18-11/h4-7H,1-3H3. The monoisotopic (exact) mass is 324 g/mol. The Kier molecular flexibility index (Phi) is 3.71. The van der Waals surface area contributed by atoms with Crippen LogP contribution in [0.4, 0.5) is 4.39 Å². The Hall–Kier alpha value is -1.47. The van der Waals surface area contributed by atoms with Crippen LogP contribution in [0, 0.1) is 5.82 Å². The third-order valence-corrected chi connectivity index (χ3v) is 5.53. The van der Waals surface area contributed by atoms with Crippen molar-refractivity contribution >= 4 is 32.6 Å². The van der Waals surface area contributed by atoms with Gasteiger partial charge in [0.2, 0.25) is 0 Å². The van der Waals surface area contributed by atoms with E-state index in [1.807, 2.05) is 0 Å². The van der Waals surface area contributed by atoms with Gasteiger partial charge in [0.15, 0.2) is 5.76 Å². The average Bonchev–Trinajstić information content (AvgIpc) is 3.00. The minimum absolute atomic E-state index is 0.0934. The molecule has 0 unspecified atom stereocenters. The zero-order valence-electron chi connectivity index (χ0n) is 11.7. The molecule has 110 valence electrons. The van der Waals surface area contributed by atoms with Gasteiger partial charge >= 0.3 is 0 Å². The highest BCUT2D eigenvalue weighted by molar-refractivity contribution is 8.77. The second-order valence-corrected chi connectivity index (χ2v) is 8.35. The fraction of sp³-hybridized carbons (Fsp3) is 0.286. The fourth-order valence-corrected chi connectivity index (χ4v) is 3.30. The van der Waals surface area contributed by atoms with Crippen LogP contribution in [-0.4, -0.2) is 14.9 Å². The lowest BCUT2D eigenvalue weighted by Gasteiger charge is -2.13. The number of hydrogen-bond acceptors (Lipinski definition) is 6. The first-order valence-electron chi connectivity index (χ1n) is 6.29. The molecule has 4 nitrogen and oxygen atoms in total. The summed E-state index contributed by atoms with van der Waals surface area (Å²) >= 11 is 0. The maximum Gasteiger partial charge on any atom is 0.287 e. The molecule has 2 heterocycles. The summed E-state index contributed by atoms with van der Waals surface area (Å²) in [5, 5.41) is 9.08. The Balaban J connectivity index is 1.84. The van der Waals surface area contributed by atoms with Crippen molar-refractivity contribution in [2.45, 2.75) is 30.7 Å². The molecule has 3 rings (SSSR count). The molecule has 0 saturated heterocycles. The van der Waals surface area contributed by atoms with E-state index in [2.05, 4.69) is 31.0 Å². The maximum atomic E-state index is 13.2. The molecule has 0 aliphatic rings. The summed E-state index contributed by atoms with van der Waals surface area (Å²) in [5.74, 6) is 0.428. The van der Waals surface area contributed by atoms with Crippen molar-refractivity contribution < 1.29 is 13.2 Å². The third-order valence-electron chi connectivity index (χ3n) is 2.46. The molecule has 0 spiro atoms. The van der Waals surface area contributed by atoms with Crippen molar-refractivity contribution in [2.24, 2.45) is 0 Å². The van der Waals surface area contributed by atoms with Crippen LogP contribution in [0.15, 0.2) is 38.3 Å². The Bertz CT molecular complexity index is 777. The first-order valence-corrected chi connectivity index (χ1v) is 8.44. The molecule has 7 heteroatoms. The van der Waals surface area contributed by atoms with Crippen molar-refractivity contribution in [3.63, 3.8) is 0 Å². The lowest BCUT2D eigenvalue weighted by Crippen LogP contribution is -2.04. The van der Waals surface area contributed by atoms with E-state index in [0.717, 1.165) is 0 Å². The quantitative estimate of drug-likeness (QED) is 0.620.